The minimum Gasteiger partial charge on any atom is -0.508 e. The number of fused-ring (bicyclic) bond motifs is 1. The Hall–Kier alpha value is -3.51. The maximum Gasteiger partial charge on any atom is 0.230 e. The van der Waals surface area contributed by atoms with Gasteiger partial charge in [-0.15, -0.1) is 0 Å². The fourth-order valence-electron chi connectivity index (χ4n) is 4.85. The van der Waals surface area contributed by atoms with Crippen LogP contribution in [0, 0.1) is 0 Å². The van der Waals surface area contributed by atoms with Gasteiger partial charge in [-0.05, 0) is 31.2 Å². The van der Waals surface area contributed by atoms with E-state index in [1.54, 1.807) is 0 Å². The van der Waals surface area contributed by atoms with E-state index in [0.29, 0.717) is 5.56 Å². The number of phenolic OH excluding ortho intramolecular Hbond substituents is 3. The second kappa shape index (κ2) is 11.6. The van der Waals surface area contributed by atoms with Crippen LogP contribution >= 0.6 is 0 Å². The average Bonchev–Trinajstić information content (AvgIpc) is 2.95. The van der Waals surface area contributed by atoms with Gasteiger partial charge in [-0.2, -0.15) is 0 Å². The van der Waals surface area contributed by atoms with Crippen LogP contribution in [0.25, 0.3) is 22.3 Å². The second-order valence-corrected chi connectivity index (χ2v) is 10.1. The molecular formula is C27H30O15. The number of phenols is 3. The van der Waals surface area contributed by atoms with Crippen molar-refractivity contribution in [3.63, 3.8) is 0 Å². The molecule has 2 aliphatic heterocycles. The molecule has 0 saturated carbocycles. The van der Waals surface area contributed by atoms with Crippen molar-refractivity contribution in [2.24, 2.45) is 0 Å². The van der Waals surface area contributed by atoms with Gasteiger partial charge in [0.2, 0.25) is 12.0 Å². The molecule has 2 aromatic carbocycles. The van der Waals surface area contributed by atoms with E-state index < -0.39 is 96.1 Å². The number of ether oxygens (including phenoxy) is 4. The average molecular weight is 595 g/mol. The number of aromatic hydroxyl groups is 3. The van der Waals surface area contributed by atoms with Gasteiger partial charge >= 0.3 is 0 Å². The number of hydrogen-bond acceptors (Lipinski definition) is 15. The highest BCUT2D eigenvalue weighted by atomic mass is 16.8. The van der Waals surface area contributed by atoms with Gasteiger partial charge < -0.3 is 69.3 Å². The van der Waals surface area contributed by atoms with Crippen molar-refractivity contribution < 1.29 is 69.3 Å². The van der Waals surface area contributed by atoms with Crippen molar-refractivity contribution in [3.8, 4) is 34.3 Å². The van der Waals surface area contributed by atoms with E-state index in [1.807, 2.05) is 0 Å². The topological polar surface area (TPSA) is 249 Å². The molecule has 2 saturated heterocycles. The first kappa shape index (κ1) is 30.0. The molecule has 1 aromatic heterocycles. The number of aliphatic hydroxyl groups is 6. The zero-order chi connectivity index (χ0) is 30.5. The first-order valence-corrected chi connectivity index (χ1v) is 12.9. The van der Waals surface area contributed by atoms with E-state index in [9.17, 15) is 50.8 Å². The first-order valence-electron chi connectivity index (χ1n) is 12.9. The summed E-state index contributed by atoms with van der Waals surface area (Å²) < 4.78 is 27.9. The van der Waals surface area contributed by atoms with Crippen molar-refractivity contribution in [1.82, 2.24) is 0 Å². The lowest BCUT2D eigenvalue weighted by atomic mass is 9.97. The van der Waals surface area contributed by atoms with Crippen LogP contribution in [-0.2, 0) is 14.2 Å². The monoisotopic (exact) mass is 594 g/mol. The highest BCUT2D eigenvalue weighted by Crippen LogP contribution is 2.43. The second-order valence-electron chi connectivity index (χ2n) is 10.1. The van der Waals surface area contributed by atoms with Crippen LogP contribution in [0.4, 0.5) is 0 Å². The van der Waals surface area contributed by atoms with Crippen molar-refractivity contribution in [2.75, 3.05) is 6.61 Å². The van der Waals surface area contributed by atoms with E-state index >= 15 is 0 Å². The lowest BCUT2D eigenvalue weighted by Crippen LogP contribution is -2.64. The third kappa shape index (κ3) is 5.37. The maximum absolute atomic E-state index is 13.0. The third-order valence-corrected chi connectivity index (χ3v) is 7.24. The van der Waals surface area contributed by atoms with Crippen LogP contribution in [0.5, 0.6) is 23.0 Å². The molecule has 42 heavy (non-hydrogen) atoms. The maximum atomic E-state index is 13.0. The molecule has 0 radical (unpaired) electrons. The summed E-state index contributed by atoms with van der Waals surface area (Å²) in [5.41, 5.74) is -0.541. The summed E-state index contributed by atoms with van der Waals surface area (Å²) in [6.07, 6.45) is -16.3. The largest absolute Gasteiger partial charge is 0.508 e. The molecule has 0 bridgehead atoms. The predicted molar refractivity (Wildman–Crippen MR) is 139 cm³/mol. The van der Waals surface area contributed by atoms with Gasteiger partial charge in [0, 0.05) is 17.7 Å². The summed E-state index contributed by atoms with van der Waals surface area (Å²) in [4.78, 5) is 13.0. The Morgan fingerprint density at radius 1 is 0.833 bits per heavy atom. The third-order valence-electron chi connectivity index (χ3n) is 7.24. The number of benzene rings is 2. The Morgan fingerprint density at radius 3 is 2.19 bits per heavy atom. The van der Waals surface area contributed by atoms with Crippen LogP contribution in [0.3, 0.4) is 0 Å². The molecule has 2 fully saturated rings. The van der Waals surface area contributed by atoms with Crippen molar-refractivity contribution in [1.29, 1.82) is 0 Å². The van der Waals surface area contributed by atoms with Crippen LogP contribution < -0.4 is 10.2 Å². The highest BCUT2D eigenvalue weighted by Gasteiger charge is 2.51. The smallest absolute Gasteiger partial charge is 0.230 e. The van der Waals surface area contributed by atoms with E-state index in [2.05, 4.69) is 0 Å². The zero-order valence-corrected chi connectivity index (χ0v) is 21.9. The van der Waals surface area contributed by atoms with Gasteiger partial charge in [0.05, 0.1) is 12.7 Å². The van der Waals surface area contributed by atoms with E-state index in [1.165, 1.54) is 31.2 Å². The standard InChI is InChI=1S/C27H30O15/c1-9-18(32)21(35)23(37)26(38-9)42-25-22(36)19(33)16(8-28)40-27(25)41-24-13(31)7-15-17(20(24)34)12(30)6-14(39-15)10-2-4-11(29)5-3-10/h2-7,9,16,18-19,21-23,25-29,31-37H,8H2,1H3. The van der Waals surface area contributed by atoms with Gasteiger partial charge in [-0.25, -0.2) is 0 Å². The highest BCUT2D eigenvalue weighted by molar-refractivity contribution is 5.89. The zero-order valence-electron chi connectivity index (χ0n) is 21.9. The molecule has 3 aromatic rings. The molecule has 0 spiro atoms. The quantitative estimate of drug-likeness (QED) is 0.159. The molecule has 3 heterocycles. The lowest BCUT2D eigenvalue weighted by molar-refractivity contribution is -0.354. The molecule has 5 rings (SSSR count). The Balaban J connectivity index is 1.49. The van der Waals surface area contributed by atoms with Crippen molar-refractivity contribution in [2.45, 2.75) is 68.3 Å². The number of hydrogen-bond donors (Lipinski definition) is 9. The summed E-state index contributed by atoms with van der Waals surface area (Å²) >= 11 is 0. The molecule has 228 valence electrons. The predicted octanol–water partition coefficient (Wildman–Crippen LogP) is -1.39. The number of aliphatic hydroxyl groups excluding tert-OH is 6. The van der Waals surface area contributed by atoms with E-state index in [4.69, 9.17) is 23.4 Å². The van der Waals surface area contributed by atoms with Gasteiger partial charge in [-0.3, -0.25) is 4.79 Å². The fourth-order valence-corrected chi connectivity index (χ4v) is 4.85. The SMILES string of the molecule is CC1OC(OC2C(Oc3c(O)cc4oc(-c5ccc(O)cc5)cc(=O)c4c3O)OC(CO)C(O)C2O)C(O)C(O)C1O. The summed E-state index contributed by atoms with van der Waals surface area (Å²) in [5.74, 6) is -2.27. The Morgan fingerprint density at radius 2 is 1.52 bits per heavy atom. The summed E-state index contributed by atoms with van der Waals surface area (Å²) in [7, 11) is 0. The molecule has 0 aliphatic carbocycles. The van der Waals surface area contributed by atoms with E-state index in [-0.39, 0.29) is 17.1 Å². The van der Waals surface area contributed by atoms with E-state index in [0.717, 1.165) is 12.1 Å². The minimum absolute atomic E-state index is 0.0138. The van der Waals surface area contributed by atoms with Crippen LogP contribution in [-0.4, -0.2) is 114 Å². The van der Waals surface area contributed by atoms with Crippen molar-refractivity contribution >= 4 is 11.0 Å². The summed E-state index contributed by atoms with van der Waals surface area (Å²) in [6.45, 7) is 0.590. The summed E-state index contributed by atoms with van der Waals surface area (Å²) in [5, 5.41) is 92.2. The Kier molecular flexibility index (Phi) is 8.30. The molecular weight excluding hydrogens is 564 g/mol. The molecule has 0 amide bonds. The van der Waals surface area contributed by atoms with Gasteiger partial charge in [-0.1, -0.05) is 0 Å². The molecule has 10 unspecified atom stereocenters. The lowest BCUT2D eigenvalue weighted by Gasteiger charge is -2.45. The van der Waals surface area contributed by atoms with Crippen LogP contribution in [0.15, 0.2) is 45.6 Å². The molecule has 9 N–H and O–H groups in total. The Bertz CT molecular complexity index is 1470. The van der Waals surface area contributed by atoms with Gasteiger partial charge in [0.25, 0.3) is 0 Å². The van der Waals surface area contributed by atoms with Crippen LogP contribution in [0.2, 0.25) is 0 Å². The first-order chi connectivity index (χ1) is 19.9. The van der Waals surface area contributed by atoms with Gasteiger partial charge in [0.1, 0.15) is 59.1 Å². The summed E-state index contributed by atoms with van der Waals surface area (Å²) in [6, 6.07) is 7.78. The Labute approximate surface area is 236 Å². The van der Waals surface area contributed by atoms with Crippen LogP contribution in [0.1, 0.15) is 6.92 Å². The minimum atomic E-state index is -1.86. The van der Waals surface area contributed by atoms with Gasteiger partial charge in [0.15, 0.2) is 29.3 Å². The normalized spacial score (nSPS) is 33.5. The molecule has 15 heteroatoms. The molecule has 10 atom stereocenters. The molecule has 15 nitrogen and oxygen atoms in total. The fraction of sp³-hybridized carbons (Fsp3) is 0.444. The van der Waals surface area contributed by atoms with Crippen molar-refractivity contribution in [3.05, 3.63) is 46.6 Å². The molecule has 2 aliphatic rings. The number of rotatable bonds is 6.